The molecule has 5 nitrogen and oxygen atoms in total. The van der Waals surface area contributed by atoms with E-state index in [1.165, 1.54) is 0 Å². The van der Waals surface area contributed by atoms with Gasteiger partial charge in [-0.05, 0) is 52.5 Å². The molecule has 2 unspecified atom stereocenters. The highest BCUT2D eigenvalue weighted by Gasteiger charge is 2.37. The number of rotatable bonds is 3. The SMILES string of the molecule is CC(NC(=O)C1NCCCC1(C)C)C(=O)NC(C)(C)C. The van der Waals surface area contributed by atoms with E-state index in [1.54, 1.807) is 6.92 Å². The van der Waals surface area contributed by atoms with Gasteiger partial charge in [0.1, 0.15) is 6.04 Å². The molecule has 2 atom stereocenters. The molecular weight excluding hydrogens is 254 g/mol. The van der Waals surface area contributed by atoms with Gasteiger partial charge in [-0.15, -0.1) is 0 Å². The average molecular weight is 283 g/mol. The Morgan fingerprint density at radius 3 is 2.40 bits per heavy atom. The molecule has 1 saturated heterocycles. The second-order valence-corrected chi connectivity index (χ2v) is 7.45. The molecule has 1 fully saturated rings. The van der Waals surface area contributed by atoms with Crippen LogP contribution in [0.3, 0.4) is 0 Å². The third-order valence-corrected chi connectivity index (χ3v) is 3.64. The van der Waals surface area contributed by atoms with Crippen molar-refractivity contribution in [1.82, 2.24) is 16.0 Å². The van der Waals surface area contributed by atoms with Crippen LogP contribution < -0.4 is 16.0 Å². The first-order chi connectivity index (χ1) is 9.03. The Bertz CT molecular complexity index is 372. The monoisotopic (exact) mass is 283 g/mol. The van der Waals surface area contributed by atoms with Gasteiger partial charge in [0.05, 0.1) is 6.04 Å². The molecule has 1 rings (SSSR count). The Kier molecular flexibility index (Phi) is 5.19. The van der Waals surface area contributed by atoms with Crippen molar-refractivity contribution in [3.8, 4) is 0 Å². The number of amides is 2. The standard InChI is InChI=1S/C15H29N3O2/c1-10(12(19)18-14(2,3)4)17-13(20)11-15(5,6)8-7-9-16-11/h10-11,16H,7-9H2,1-6H3,(H,17,20)(H,18,19). The molecule has 116 valence electrons. The van der Waals surface area contributed by atoms with E-state index in [4.69, 9.17) is 0 Å². The van der Waals surface area contributed by atoms with Crippen molar-refractivity contribution in [2.24, 2.45) is 5.41 Å². The number of nitrogens with one attached hydrogen (secondary N) is 3. The third kappa shape index (κ3) is 4.78. The second kappa shape index (κ2) is 6.12. The summed E-state index contributed by atoms with van der Waals surface area (Å²) in [6, 6.07) is -0.762. The van der Waals surface area contributed by atoms with E-state index in [2.05, 4.69) is 29.8 Å². The van der Waals surface area contributed by atoms with Crippen LogP contribution in [0.1, 0.15) is 54.4 Å². The van der Waals surface area contributed by atoms with Crippen molar-refractivity contribution in [3.63, 3.8) is 0 Å². The van der Waals surface area contributed by atoms with Crippen molar-refractivity contribution < 1.29 is 9.59 Å². The second-order valence-electron chi connectivity index (χ2n) is 7.45. The van der Waals surface area contributed by atoms with Gasteiger partial charge in [-0.1, -0.05) is 13.8 Å². The fourth-order valence-corrected chi connectivity index (χ4v) is 2.50. The summed E-state index contributed by atoms with van der Waals surface area (Å²) in [6.07, 6.45) is 2.09. The molecule has 1 aliphatic heterocycles. The number of hydrogen-bond donors (Lipinski definition) is 3. The summed E-state index contributed by atoms with van der Waals surface area (Å²) in [4.78, 5) is 24.3. The van der Waals surface area contributed by atoms with Crippen LogP contribution in [0.5, 0.6) is 0 Å². The molecule has 0 saturated carbocycles. The van der Waals surface area contributed by atoms with Crippen LogP contribution in [0, 0.1) is 5.41 Å². The van der Waals surface area contributed by atoms with Crippen molar-refractivity contribution in [1.29, 1.82) is 0 Å². The predicted molar refractivity (Wildman–Crippen MR) is 80.3 cm³/mol. The highest BCUT2D eigenvalue weighted by atomic mass is 16.2. The Morgan fingerprint density at radius 2 is 1.90 bits per heavy atom. The lowest BCUT2D eigenvalue weighted by atomic mass is 9.77. The number of piperidine rings is 1. The summed E-state index contributed by atoms with van der Waals surface area (Å²) in [7, 11) is 0. The summed E-state index contributed by atoms with van der Waals surface area (Å²) in [5.41, 5.74) is -0.374. The van der Waals surface area contributed by atoms with Gasteiger partial charge in [-0.2, -0.15) is 0 Å². The van der Waals surface area contributed by atoms with Crippen molar-refractivity contribution in [3.05, 3.63) is 0 Å². The minimum atomic E-state index is -0.527. The Labute approximate surface area is 122 Å². The fourth-order valence-electron chi connectivity index (χ4n) is 2.50. The molecule has 5 heteroatoms. The smallest absolute Gasteiger partial charge is 0.242 e. The van der Waals surface area contributed by atoms with E-state index in [-0.39, 0.29) is 28.8 Å². The predicted octanol–water partition coefficient (Wildman–Crippen LogP) is 1.18. The molecule has 0 spiro atoms. The maximum Gasteiger partial charge on any atom is 0.242 e. The summed E-state index contributed by atoms with van der Waals surface area (Å²) in [6.45, 7) is 12.5. The van der Waals surface area contributed by atoms with Gasteiger partial charge >= 0.3 is 0 Å². The lowest BCUT2D eigenvalue weighted by Gasteiger charge is -2.38. The molecule has 0 aromatic carbocycles. The van der Waals surface area contributed by atoms with Gasteiger partial charge in [0, 0.05) is 5.54 Å². The maximum absolute atomic E-state index is 12.3. The van der Waals surface area contributed by atoms with E-state index in [1.807, 2.05) is 20.8 Å². The van der Waals surface area contributed by atoms with Gasteiger partial charge in [0.15, 0.2) is 0 Å². The largest absolute Gasteiger partial charge is 0.350 e. The summed E-state index contributed by atoms with van der Waals surface area (Å²) >= 11 is 0. The van der Waals surface area contributed by atoms with E-state index in [0.29, 0.717) is 0 Å². The molecule has 0 aromatic heterocycles. The zero-order valence-corrected chi connectivity index (χ0v) is 13.6. The summed E-state index contributed by atoms with van der Waals surface area (Å²) in [5, 5.41) is 8.95. The number of hydrogen-bond acceptors (Lipinski definition) is 3. The van der Waals surface area contributed by atoms with Crippen LogP contribution in [0.4, 0.5) is 0 Å². The molecule has 0 aliphatic carbocycles. The van der Waals surface area contributed by atoms with Crippen LogP contribution in [0.25, 0.3) is 0 Å². The van der Waals surface area contributed by atoms with Crippen LogP contribution in [-0.2, 0) is 9.59 Å². The first-order valence-corrected chi connectivity index (χ1v) is 7.39. The first-order valence-electron chi connectivity index (χ1n) is 7.39. The lowest BCUT2D eigenvalue weighted by Crippen LogP contribution is -2.59. The summed E-state index contributed by atoms with van der Waals surface area (Å²) < 4.78 is 0. The Balaban J connectivity index is 2.59. The Morgan fingerprint density at radius 1 is 1.30 bits per heavy atom. The quantitative estimate of drug-likeness (QED) is 0.728. The molecular formula is C15H29N3O2. The van der Waals surface area contributed by atoms with Gasteiger partial charge < -0.3 is 16.0 Å². The fraction of sp³-hybridized carbons (Fsp3) is 0.867. The Hall–Kier alpha value is -1.10. The molecule has 0 aromatic rings. The van der Waals surface area contributed by atoms with E-state index in [0.717, 1.165) is 19.4 Å². The van der Waals surface area contributed by atoms with Crippen LogP contribution in [0.2, 0.25) is 0 Å². The molecule has 1 aliphatic rings. The average Bonchev–Trinajstić information content (AvgIpc) is 2.25. The van der Waals surface area contributed by atoms with Crippen LogP contribution >= 0.6 is 0 Å². The topological polar surface area (TPSA) is 70.2 Å². The van der Waals surface area contributed by atoms with Crippen molar-refractivity contribution in [2.75, 3.05) is 6.54 Å². The number of carbonyl (C=O) groups is 2. The van der Waals surface area contributed by atoms with Crippen molar-refractivity contribution >= 4 is 11.8 Å². The molecule has 3 N–H and O–H groups in total. The summed E-state index contributed by atoms with van der Waals surface area (Å²) in [5.74, 6) is -0.245. The van der Waals surface area contributed by atoms with E-state index < -0.39 is 6.04 Å². The molecule has 0 bridgehead atoms. The number of carbonyl (C=O) groups excluding carboxylic acids is 2. The first kappa shape index (κ1) is 17.0. The van der Waals surface area contributed by atoms with Gasteiger partial charge in [0.25, 0.3) is 0 Å². The van der Waals surface area contributed by atoms with Gasteiger partial charge in [0.2, 0.25) is 11.8 Å². The molecule has 1 heterocycles. The van der Waals surface area contributed by atoms with Crippen LogP contribution in [0.15, 0.2) is 0 Å². The van der Waals surface area contributed by atoms with Gasteiger partial charge in [-0.25, -0.2) is 0 Å². The zero-order chi connectivity index (χ0) is 15.6. The minimum absolute atomic E-state index is 0.0808. The molecule has 2 amide bonds. The third-order valence-electron chi connectivity index (χ3n) is 3.64. The van der Waals surface area contributed by atoms with Crippen molar-refractivity contribution in [2.45, 2.75) is 72.0 Å². The zero-order valence-electron chi connectivity index (χ0n) is 13.6. The maximum atomic E-state index is 12.3. The normalized spacial score (nSPS) is 23.8. The van der Waals surface area contributed by atoms with Crippen LogP contribution in [-0.4, -0.2) is 36.0 Å². The van der Waals surface area contributed by atoms with E-state index in [9.17, 15) is 9.59 Å². The van der Waals surface area contributed by atoms with E-state index >= 15 is 0 Å². The molecule has 20 heavy (non-hydrogen) atoms. The highest BCUT2D eigenvalue weighted by molar-refractivity contribution is 5.90. The van der Waals surface area contributed by atoms with Gasteiger partial charge in [-0.3, -0.25) is 9.59 Å². The minimum Gasteiger partial charge on any atom is -0.350 e. The molecule has 0 radical (unpaired) electrons. The highest BCUT2D eigenvalue weighted by Crippen LogP contribution is 2.30. The lowest BCUT2D eigenvalue weighted by molar-refractivity contribution is -0.132.